The normalized spacial score (nSPS) is 15.2. The lowest BCUT2D eigenvalue weighted by molar-refractivity contribution is -0.117. The Morgan fingerprint density at radius 3 is 2.76 bits per heavy atom. The Morgan fingerprint density at radius 2 is 2.00 bits per heavy atom. The molecule has 1 heterocycles. The quantitative estimate of drug-likeness (QED) is 0.906. The first-order chi connectivity index (χ1) is 9.97. The van der Waals surface area contributed by atoms with E-state index in [0.717, 1.165) is 32.4 Å². The van der Waals surface area contributed by atoms with Crippen molar-refractivity contribution in [3.05, 3.63) is 63.1 Å². The number of fused-ring (bicyclic) bond motifs is 1. The molecule has 1 amide bonds. The highest BCUT2D eigenvalue weighted by Crippen LogP contribution is 2.33. The number of aryl methyl sites for hydroxylation is 1. The van der Waals surface area contributed by atoms with Gasteiger partial charge in [0.25, 0.3) is 0 Å². The van der Waals surface area contributed by atoms with Gasteiger partial charge in [0.1, 0.15) is 6.10 Å². The number of hydrogen-bond donors (Lipinski definition) is 1. The van der Waals surface area contributed by atoms with Gasteiger partial charge in [0.05, 0.1) is 6.42 Å². The molecule has 2 aromatic rings. The highest BCUT2D eigenvalue weighted by atomic mass is 79.9. The molecule has 0 bridgehead atoms. The Balaban J connectivity index is 2.00. The van der Waals surface area contributed by atoms with Crippen molar-refractivity contribution in [1.29, 1.82) is 0 Å². The zero-order valence-corrected chi connectivity index (χ0v) is 13.5. The topological polar surface area (TPSA) is 40.5 Å². The van der Waals surface area contributed by atoms with Crippen molar-refractivity contribution in [3.8, 4) is 0 Å². The van der Waals surface area contributed by atoms with Crippen molar-refractivity contribution in [2.24, 2.45) is 0 Å². The van der Waals surface area contributed by atoms with Crippen LogP contribution >= 0.6 is 15.9 Å². The molecular formula is C17H16BrNO2. The van der Waals surface area contributed by atoms with E-state index < -0.39 is 6.10 Å². The summed E-state index contributed by atoms with van der Waals surface area (Å²) in [6, 6.07) is 11.6. The number of carbonyl (C=O) groups is 1. The van der Waals surface area contributed by atoms with E-state index in [9.17, 15) is 9.90 Å². The summed E-state index contributed by atoms with van der Waals surface area (Å²) < 4.78 is 0.943. The van der Waals surface area contributed by atoms with Crippen LogP contribution in [0.1, 0.15) is 28.4 Å². The third kappa shape index (κ3) is 2.49. The van der Waals surface area contributed by atoms with E-state index in [4.69, 9.17) is 0 Å². The van der Waals surface area contributed by atoms with Crippen LogP contribution in [-0.4, -0.2) is 18.1 Å². The van der Waals surface area contributed by atoms with E-state index in [2.05, 4.69) is 15.9 Å². The zero-order chi connectivity index (χ0) is 15.1. The summed E-state index contributed by atoms with van der Waals surface area (Å²) in [6.07, 6.45) is -0.280. The highest BCUT2D eigenvalue weighted by Gasteiger charge is 2.25. The van der Waals surface area contributed by atoms with Crippen molar-refractivity contribution in [3.63, 3.8) is 0 Å². The Labute approximate surface area is 132 Å². The molecule has 108 valence electrons. The van der Waals surface area contributed by atoms with E-state index in [0.29, 0.717) is 6.42 Å². The first-order valence-corrected chi connectivity index (χ1v) is 7.60. The lowest BCUT2D eigenvalue weighted by Crippen LogP contribution is -2.20. The van der Waals surface area contributed by atoms with E-state index in [1.165, 1.54) is 0 Å². The maximum Gasteiger partial charge on any atom is 0.231 e. The predicted molar refractivity (Wildman–Crippen MR) is 86.5 cm³/mol. The Hall–Kier alpha value is -1.65. The van der Waals surface area contributed by atoms with Crippen LogP contribution in [0.2, 0.25) is 0 Å². The molecule has 0 radical (unpaired) electrons. The van der Waals surface area contributed by atoms with Gasteiger partial charge in [-0.15, -0.1) is 0 Å². The van der Waals surface area contributed by atoms with Crippen molar-refractivity contribution in [1.82, 2.24) is 0 Å². The van der Waals surface area contributed by atoms with Crippen molar-refractivity contribution in [2.75, 3.05) is 11.9 Å². The molecule has 21 heavy (non-hydrogen) atoms. The van der Waals surface area contributed by atoms with Crippen molar-refractivity contribution >= 4 is 27.5 Å². The molecule has 1 aliphatic heterocycles. The molecule has 2 aromatic carbocycles. The van der Waals surface area contributed by atoms with Gasteiger partial charge in [-0.3, -0.25) is 4.79 Å². The monoisotopic (exact) mass is 345 g/mol. The number of anilines is 1. The highest BCUT2D eigenvalue weighted by molar-refractivity contribution is 9.10. The third-order valence-electron chi connectivity index (χ3n) is 4.03. The Bertz CT molecular complexity index is 727. The average molecular weight is 346 g/mol. The fourth-order valence-electron chi connectivity index (χ4n) is 2.75. The van der Waals surface area contributed by atoms with Gasteiger partial charge in [0, 0.05) is 17.2 Å². The number of nitrogens with zero attached hydrogens (tertiary/aromatic N) is 1. The molecule has 4 heteroatoms. The molecule has 0 aliphatic carbocycles. The predicted octanol–water partition coefficient (Wildman–Crippen LogP) is 3.36. The first kappa shape index (κ1) is 14.3. The third-order valence-corrected chi connectivity index (χ3v) is 4.53. The Kier molecular flexibility index (Phi) is 3.59. The van der Waals surface area contributed by atoms with Gasteiger partial charge in [-0.05, 0) is 47.4 Å². The van der Waals surface area contributed by atoms with Crippen molar-refractivity contribution in [2.45, 2.75) is 19.4 Å². The largest absolute Gasteiger partial charge is 0.384 e. The van der Waals surface area contributed by atoms with Gasteiger partial charge in [-0.2, -0.15) is 0 Å². The number of halogens is 1. The molecule has 0 aromatic heterocycles. The van der Waals surface area contributed by atoms with Crippen LogP contribution in [0, 0.1) is 6.92 Å². The molecule has 1 N–H and O–H groups in total. The van der Waals surface area contributed by atoms with Crippen LogP contribution in [0.25, 0.3) is 0 Å². The molecule has 0 saturated carbocycles. The van der Waals surface area contributed by atoms with Gasteiger partial charge in [-0.1, -0.05) is 34.1 Å². The molecule has 1 aliphatic rings. The molecule has 3 nitrogen and oxygen atoms in total. The lowest BCUT2D eigenvalue weighted by Gasteiger charge is -2.16. The number of likely N-dealkylation sites (N-methyl/N-ethyl adjacent to an activating group) is 1. The van der Waals surface area contributed by atoms with E-state index >= 15 is 0 Å². The van der Waals surface area contributed by atoms with Crippen LogP contribution in [0.4, 0.5) is 5.69 Å². The lowest BCUT2D eigenvalue weighted by atomic mass is 9.96. The summed E-state index contributed by atoms with van der Waals surface area (Å²) in [7, 11) is 1.78. The summed E-state index contributed by atoms with van der Waals surface area (Å²) in [5.41, 5.74) is 4.65. The minimum absolute atomic E-state index is 0.0928. The summed E-state index contributed by atoms with van der Waals surface area (Å²) >= 11 is 3.44. The maximum absolute atomic E-state index is 11.7. The minimum Gasteiger partial charge on any atom is -0.384 e. The second kappa shape index (κ2) is 5.28. The molecule has 0 fully saturated rings. The van der Waals surface area contributed by atoms with Gasteiger partial charge < -0.3 is 10.0 Å². The molecule has 0 saturated heterocycles. The number of aliphatic hydroxyl groups excluding tert-OH is 1. The van der Waals surface area contributed by atoms with Gasteiger partial charge >= 0.3 is 0 Å². The number of amides is 1. The van der Waals surface area contributed by atoms with Crippen molar-refractivity contribution < 1.29 is 9.90 Å². The molecule has 1 unspecified atom stereocenters. The number of aliphatic hydroxyl groups is 1. The fourth-order valence-corrected chi connectivity index (χ4v) is 3.12. The van der Waals surface area contributed by atoms with Crippen LogP contribution in [0.5, 0.6) is 0 Å². The van der Waals surface area contributed by atoms with Crippen LogP contribution in [0.3, 0.4) is 0 Å². The summed E-state index contributed by atoms with van der Waals surface area (Å²) in [6.45, 7) is 1.98. The Morgan fingerprint density at radius 1 is 1.24 bits per heavy atom. The van der Waals surface area contributed by atoms with Crippen LogP contribution in [-0.2, 0) is 11.2 Å². The SMILES string of the molecule is Cc1ccc(Br)cc1C(O)c1ccc2c(c1)CC(=O)N2C. The van der Waals surface area contributed by atoms with E-state index in [1.54, 1.807) is 11.9 Å². The second-order valence-corrected chi connectivity index (χ2v) is 6.34. The molecular weight excluding hydrogens is 330 g/mol. The minimum atomic E-state index is -0.686. The molecule has 0 spiro atoms. The average Bonchev–Trinajstić information content (AvgIpc) is 2.75. The molecule has 1 atom stereocenters. The van der Waals surface area contributed by atoms with E-state index in [-0.39, 0.29) is 5.91 Å². The number of hydrogen-bond acceptors (Lipinski definition) is 2. The maximum atomic E-state index is 11.7. The van der Waals surface area contributed by atoms with E-state index in [1.807, 2.05) is 43.3 Å². The fraction of sp³-hybridized carbons (Fsp3) is 0.235. The summed E-state index contributed by atoms with van der Waals surface area (Å²) in [5.74, 6) is 0.0928. The summed E-state index contributed by atoms with van der Waals surface area (Å²) in [5, 5.41) is 10.6. The standard InChI is InChI=1S/C17H16BrNO2/c1-10-3-5-13(18)9-14(10)17(21)11-4-6-15-12(7-11)8-16(20)19(15)2/h3-7,9,17,21H,8H2,1-2H3. The first-order valence-electron chi connectivity index (χ1n) is 6.81. The van der Waals surface area contributed by atoms with Gasteiger partial charge in [-0.25, -0.2) is 0 Å². The van der Waals surface area contributed by atoms with Crippen LogP contribution in [0.15, 0.2) is 40.9 Å². The number of benzene rings is 2. The second-order valence-electron chi connectivity index (χ2n) is 5.42. The zero-order valence-electron chi connectivity index (χ0n) is 11.9. The number of rotatable bonds is 2. The van der Waals surface area contributed by atoms with Gasteiger partial charge in [0.2, 0.25) is 5.91 Å². The smallest absolute Gasteiger partial charge is 0.231 e. The van der Waals surface area contributed by atoms with Gasteiger partial charge in [0.15, 0.2) is 0 Å². The summed E-state index contributed by atoms with van der Waals surface area (Å²) in [4.78, 5) is 13.4. The van der Waals surface area contributed by atoms with Crippen LogP contribution < -0.4 is 4.90 Å². The molecule has 3 rings (SSSR count). The number of carbonyl (C=O) groups excluding carboxylic acids is 1.